The quantitative estimate of drug-likeness (QED) is 0.614. The Morgan fingerprint density at radius 1 is 1.33 bits per heavy atom. The van der Waals surface area contributed by atoms with Crippen LogP contribution < -0.4 is 10.1 Å². The first-order valence-corrected chi connectivity index (χ1v) is 7.18. The summed E-state index contributed by atoms with van der Waals surface area (Å²) < 4.78 is 5.59. The molecule has 0 saturated carbocycles. The molecule has 5 nitrogen and oxygen atoms in total. The fourth-order valence-electron chi connectivity index (χ4n) is 1.77. The molecule has 0 fully saturated rings. The van der Waals surface area contributed by atoms with Gasteiger partial charge in [0.15, 0.2) is 0 Å². The van der Waals surface area contributed by atoms with Crippen LogP contribution in [0.25, 0.3) is 0 Å². The molecule has 2 aromatic carbocycles. The maximum absolute atomic E-state index is 10.9. The Morgan fingerprint density at radius 3 is 2.76 bits per heavy atom. The molecule has 0 radical (unpaired) electrons. The number of ether oxygens (including phenoxy) is 1. The van der Waals surface area contributed by atoms with Crippen LogP contribution in [0.1, 0.15) is 5.56 Å². The number of benzene rings is 2. The van der Waals surface area contributed by atoms with Gasteiger partial charge in [-0.1, -0.05) is 17.7 Å². The van der Waals surface area contributed by atoms with Gasteiger partial charge < -0.3 is 10.1 Å². The van der Waals surface area contributed by atoms with Crippen molar-refractivity contribution in [2.45, 2.75) is 6.54 Å². The van der Waals surface area contributed by atoms with Gasteiger partial charge in [0.25, 0.3) is 5.69 Å². The summed E-state index contributed by atoms with van der Waals surface area (Å²) in [6.07, 6.45) is 0. The number of nitrogens with one attached hydrogen (secondary N) is 1. The van der Waals surface area contributed by atoms with E-state index in [1.54, 1.807) is 37.4 Å². The Labute approximate surface area is 135 Å². The maximum Gasteiger partial charge on any atom is 0.283 e. The number of hydrogen-bond donors (Lipinski definition) is 1. The van der Waals surface area contributed by atoms with E-state index in [1.165, 1.54) is 6.07 Å². The SMILES string of the molecule is COc1ccc(Cl)c(NCc2ccc(Br)c([N+](=O)[O-])c2)c1. The molecule has 0 heterocycles. The Kier molecular flexibility index (Phi) is 5.03. The van der Waals surface area contributed by atoms with Gasteiger partial charge >= 0.3 is 0 Å². The molecule has 2 rings (SSSR count). The molecular weight excluding hydrogens is 360 g/mol. The second-order valence-corrected chi connectivity index (χ2v) is 5.50. The Morgan fingerprint density at radius 2 is 2.10 bits per heavy atom. The Balaban J connectivity index is 2.16. The average molecular weight is 372 g/mol. The van der Waals surface area contributed by atoms with Gasteiger partial charge in [0.1, 0.15) is 5.75 Å². The highest BCUT2D eigenvalue weighted by Crippen LogP contribution is 2.29. The van der Waals surface area contributed by atoms with Gasteiger partial charge in [-0.25, -0.2) is 0 Å². The predicted octanol–water partition coefficient (Wildman–Crippen LogP) is 4.63. The normalized spacial score (nSPS) is 10.2. The molecule has 110 valence electrons. The second kappa shape index (κ2) is 6.78. The number of methoxy groups -OCH3 is 1. The third-order valence-electron chi connectivity index (χ3n) is 2.86. The van der Waals surface area contributed by atoms with Crippen molar-refractivity contribution in [1.29, 1.82) is 0 Å². The van der Waals surface area contributed by atoms with Gasteiger partial charge in [0.2, 0.25) is 0 Å². The fourth-order valence-corrected chi connectivity index (χ4v) is 2.35. The molecule has 21 heavy (non-hydrogen) atoms. The van der Waals surface area contributed by atoms with E-state index in [1.807, 2.05) is 0 Å². The smallest absolute Gasteiger partial charge is 0.283 e. The number of hydrogen-bond acceptors (Lipinski definition) is 4. The van der Waals surface area contributed by atoms with Crippen LogP contribution in [-0.4, -0.2) is 12.0 Å². The summed E-state index contributed by atoms with van der Waals surface area (Å²) in [5.41, 5.74) is 1.52. The summed E-state index contributed by atoms with van der Waals surface area (Å²) >= 11 is 9.25. The lowest BCUT2D eigenvalue weighted by atomic mass is 10.2. The Hall–Kier alpha value is -1.79. The van der Waals surface area contributed by atoms with E-state index in [2.05, 4.69) is 21.2 Å². The highest BCUT2D eigenvalue weighted by molar-refractivity contribution is 9.10. The molecule has 0 aliphatic heterocycles. The van der Waals surface area contributed by atoms with Crippen LogP contribution >= 0.6 is 27.5 Å². The van der Waals surface area contributed by atoms with E-state index in [9.17, 15) is 10.1 Å². The summed E-state index contributed by atoms with van der Waals surface area (Å²) in [6.45, 7) is 0.418. The molecule has 0 bridgehead atoms. The van der Waals surface area contributed by atoms with Crippen LogP contribution in [-0.2, 0) is 6.54 Å². The number of rotatable bonds is 5. The molecule has 0 aromatic heterocycles. The molecule has 0 spiro atoms. The summed E-state index contributed by atoms with van der Waals surface area (Å²) in [5, 5.41) is 14.6. The van der Waals surface area contributed by atoms with Gasteiger partial charge in [-0.3, -0.25) is 10.1 Å². The van der Waals surface area contributed by atoms with E-state index in [4.69, 9.17) is 16.3 Å². The van der Waals surface area contributed by atoms with Gasteiger partial charge in [0.05, 0.1) is 27.2 Å². The van der Waals surface area contributed by atoms with Crippen LogP contribution in [0.2, 0.25) is 5.02 Å². The molecule has 0 amide bonds. The van der Waals surface area contributed by atoms with Gasteiger partial charge in [-0.05, 0) is 39.7 Å². The zero-order chi connectivity index (χ0) is 15.4. The van der Waals surface area contributed by atoms with Crippen LogP contribution in [0.5, 0.6) is 5.75 Å². The molecule has 0 aliphatic rings. The number of nitrogens with zero attached hydrogens (tertiary/aromatic N) is 1. The standard InChI is InChI=1S/C14H12BrClN2O3/c1-21-10-3-5-12(16)13(7-10)17-8-9-2-4-11(15)14(6-9)18(19)20/h2-7,17H,8H2,1H3. The van der Waals surface area contributed by atoms with Crippen molar-refractivity contribution in [3.63, 3.8) is 0 Å². The predicted molar refractivity (Wildman–Crippen MR) is 86.1 cm³/mol. The molecular formula is C14H12BrClN2O3. The van der Waals surface area contributed by atoms with Crippen molar-refractivity contribution < 1.29 is 9.66 Å². The van der Waals surface area contributed by atoms with E-state index in [0.29, 0.717) is 27.5 Å². The van der Waals surface area contributed by atoms with Crippen LogP contribution in [0.4, 0.5) is 11.4 Å². The highest BCUT2D eigenvalue weighted by atomic mass is 79.9. The van der Waals surface area contributed by atoms with E-state index < -0.39 is 4.92 Å². The zero-order valence-electron chi connectivity index (χ0n) is 11.1. The van der Waals surface area contributed by atoms with Crippen LogP contribution in [0, 0.1) is 10.1 Å². The van der Waals surface area contributed by atoms with Crippen molar-refractivity contribution in [1.82, 2.24) is 0 Å². The van der Waals surface area contributed by atoms with Gasteiger partial charge in [0, 0.05) is 18.7 Å². The molecule has 7 heteroatoms. The molecule has 0 atom stereocenters. The second-order valence-electron chi connectivity index (χ2n) is 4.24. The van der Waals surface area contributed by atoms with E-state index in [0.717, 1.165) is 5.56 Å². The molecule has 2 aromatic rings. The molecule has 0 aliphatic carbocycles. The minimum Gasteiger partial charge on any atom is -0.497 e. The third-order valence-corrected chi connectivity index (χ3v) is 3.86. The van der Waals surface area contributed by atoms with E-state index in [-0.39, 0.29) is 5.69 Å². The number of halogens is 2. The van der Waals surface area contributed by atoms with E-state index >= 15 is 0 Å². The lowest BCUT2D eigenvalue weighted by Gasteiger charge is -2.10. The summed E-state index contributed by atoms with van der Waals surface area (Å²) in [5.74, 6) is 0.684. The van der Waals surface area contributed by atoms with Gasteiger partial charge in [-0.15, -0.1) is 0 Å². The average Bonchev–Trinajstić information content (AvgIpc) is 2.47. The third kappa shape index (κ3) is 3.86. The number of nitro groups is 1. The van der Waals surface area contributed by atoms with Crippen molar-refractivity contribution in [3.8, 4) is 5.75 Å². The first kappa shape index (κ1) is 15.6. The minimum absolute atomic E-state index is 0.0334. The first-order chi connectivity index (χ1) is 10.0. The first-order valence-electron chi connectivity index (χ1n) is 6.01. The van der Waals surface area contributed by atoms with Gasteiger partial charge in [-0.2, -0.15) is 0 Å². The summed E-state index contributed by atoms with van der Waals surface area (Å²) in [6, 6.07) is 10.2. The number of nitro benzene ring substituents is 1. The Bertz CT molecular complexity index is 679. The summed E-state index contributed by atoms with van der Waals surface area (Å²) in [4.78, 5) is 10.5. The zero-order valence-corrected chi connectivity index (χ0v) is 13.4. The van der Waals surface area contributed by atoms with Crippen molar-refractivity contribution in [2.75, 3.05) is 12.4 Å². The van der Waals surface area contributed by atoms with Crippen molar-refractivity contribution in [3.05, 3.63) is 61.6 Å². The monoisotopic (exact) mass is 370 g/mol. The lowest BCUT2D eigenvalue weighted by Crippen LogP contribution is -2.01. The molecule has 0 unspecified atom stereocenters. The van der Waals surface area contributed by atoms with Crippen LogP contribution in [0.15, 0.2) is 40.9 Å². The summed E-state index contributed by atoms with van der Waals surface area (Å²) in [7, 11) is 1.57. The van der Waals surface area contributed by atoms with Crippen molar-refractivity contribution >= 4 is 38.9 Å². The maximum atomic E-state index is 10.9. The lowest BCUT2D eigenvalue weighted by molar-refractivity contribution is -0.385. The fraction of sp³-hybridized carbons (Fsp3) is 0.143. The molecule has 1 N–H and O–H groups in total. The topological polar surface area (TPSA) is 64.4 Å². The highest BCUT2D eigenvalue weighted by Gasteiger charge is 2.12. The minimum atomic E-state index is -0.424. The van der Waals surface area contributed by atoms with Crippen molar-refractivity contribution in [2.24, 2.45) is 0 Å². The van der Waals surface area contributed by atoms with Crippen LogP contribution in [0.3, 0.4) is 0 Å². The molecule has 0 saturated heterocycles. The largest absolute Gasteiger partial charge is 0.497 e. The number of anilines is 1.